The van der Waals surface area contributed by atoms with E-state index in [1.807, 2.05) is 7.05 Å². The van der Waals surface area contributed by atoms with Crippen LogP contribution >= 0.6 is 0 Å². The highest BCUT2D eigenvalue weighted by Gasteiger charge is 2.22. The molecule has 0 bridgehead atoms. The molecule has 28 heavy (non-hydrogen) atoms. The lowest BCUT2D eigenvalue weighted by Gasteiger charge is -2.32. The van der Waals surface area contributed by atoms with Crippen molar-refractivity contribution in [3.63, 3.8) is 0 Å². The Bertz CT molecular complexity index is 672. The third-order valence-corrected chi connectivity index (χ3v) is 5.51. The Labute approximate surface area is 168 Å². The molecule has 2 aliphatic rings. The largest absolute Gasteiger partial charge is 0.496 e. The van der Waals surface area contributed by atoms with Gasteiger partial charge in [-0.1, -0.05) is 0 Å². The molecular formula is C21H34N4O3. The van der Waals surface area contributed by atoms with Crippen molar-refractivity contribution in [2.75, 3.05) is 47.5 Å². The van der Waals surface area contributed by atoms with Crippen LogP contribution in [0, 0.1) is 0 Å². The summed E-state index contributed by atoms with van der Waals surface area (Å²) in [5.41, 5.74) is 2.29. The number of ether oxygens (including phenoxy) is 3. The van der Waals surface area contributed by atoms with E-state index in [1.54, 1.807) is 14.2 Å². The Hall–Kier alpha value is -1.99. The van der Waals surface area contributed by atoms with Crippen molar-refractivity contribution in [1.82, 2.24) is 15.5 Å². The molecule has 1 unspecified atom stereocenters. The zero-order valence-electron chi connectivity index (χ0n) is 17.6. The normalized spacial score (nSPS) is 20.6. The second-order valence-electron chi connectivity index (χ2n) is 7.58. The minimum Gasteiger partial charge on any atom is -0.496 e. The summed E-state index contributed by atoms with van der Waals surface area (Å²) in [6, 6.07) is 4.63. The van der Waals surface area contributed by atoms with Gasteiger partial charge in [-0.15, -0.1) is 0 Å². The maximum atomic E-state index is 5.90. The highest BCUT2D eigenvalue weighted by molar-refractivity contribution is 5.80. The van der Waals surface area contributed by atoms with Crippen LogP contribution < -0.4 is 20.1 Å². The highest BCUT2D eigenvalue weighted by atomic mass is 16.5. The Morgan fingerprint density at radius 1 is 1.29 bits per heavy atom. The van der Waals surface area contributed by atoms with Crippen molar-refractivity contribution in [2.24, 2.45) is 4.99 Å². The highest BCUT2D eigenvalue weighted by Crippen LogP contribution is 2.34. The molecule has 0 amide bonds. The van der Waals surface area contributed by atoms with Crippen LogP contribution in [0.4, 0.5) is 0 Å². The van der Waals surface area contributed by atoms with E-state index in [4.69, 9.17) is 14.2 Å². The van der Waals surface area contributed by atoms with E-state index in [9.17, 15) is 0 Å². The summed E-state index contributed by atoms with van der Waals surface area (Å²) in [5, 5.41) is 6.98. The number of hydrogen-bond donors (Lipinski definition) is 2. The number of aliphatic imine (C=N–C) groups is 1. The summed E-state index contributed by atoms with van der Waals surface area (Å²) in [5.74, 6) is 2.69. The van der Waals surface area contributed by atoms with Crippen molar-refractivity contribution in [3.8, 4) is 11.5 Å². The summed E-state index contributed by atoms with van der Waals surface area (Å²) >= 11 is 0. The number of nitrogens with one attached hydrogen (secondary N) is 2. The number of nitrogens with zero attached hydrogens (tertiary/aromatic N) is 2. The van der Waals surface area contributed by atoms with Crippen LogP contribution in [0.2, 0.25) is 0 Å². The first kappa shape index (κ1) is 20.7. The van der Waals surface area contributed by atoms with Gasteiger partial charge in [-0.25, -0.2) is 0 Å². The Kier molecular flexibility index (Phi) is 7.39. The minimum absolute atomic E-state index is 0.229. The number of likely N-dealkylation sites (tertiary alicyclic amines) is 1. The van der Waals surface area contributed by atoms with Crippen molar-refractivity contribution in [1.29, 1.82) is 0 Å². The second-order valence-corrected chi connectivity index (χ2v) is 7.58. The van der Waals surface area contributed by atoms with Crippen molar-refractivity contribution < 1.29 is 14.2 Å². The number of guanidine groups is 1. The van der Waals surface area contributed by atoms with E-state index in [2.05, 4.69) is 39.6 Å². The minimum atomic E-state index is 0.229. The second kappa shape index (κ2) is 9.98. The predicted octanol–water partition coefficient (Wildman–Crippen LogP) is 1.79. The molecule has 0 saturated carbocycles. The molecule has 1 fully saturated rings. The van der Waals surface area contributed by atoms with Crippen LogP contribution in [-0.4, -0.2) is 70.5 Å². The number of rotatable bonds is 7. The summed E-state index contributed by atoms with van der Waals surface area (Å²) in [4.78, 5) is 6.85. The molecule has 1 saturated heterocycles. The number of piperidine rings is 1. The fourth-order valence-electron chi connectivity index (χ4n) is 3.90. The van der Waals surface area contributed by atoms with Gasteiger partial charge in [0.25, 0.3) is 0 Å². The monoisotopic (exact) mass is 390 g/mol. The van der Waals surface area contributed by atoms with Gasteiger partial charge in [0.05, 0.1) is 13.7 Å². The molecule has 0 spiro atoms. The number of fused-ring (bicyclic) bond motifs is 1. The van der Waals surface area contributed by atoms with E-state index in [0.717, 1.165) is 68.5 Å². The van der Waals surface area contributed by atoms with Gasteiger partial charge in [0.15, 0.2) is 5.96 Å². The van der Waals surface area contributed by atoms with Gasteiger partial charge in [0.2, 0.25) is 0 Å². The summed E-state index contributed by atoms with van der Waals surface area (Å²) in [6.45, 7) is 6.72. The van der Waals surface area contributed by atoms with E-state index in [1.165, 1.54) is 5.56 Å². The molecular weight excluding hydrogens is 356 g/mol. The standard InChI is InChI=1S/C21H34N4O3/c1-15-11-16-12-19(27-4)17(13-20(16)28-15)14-23-21(22-2)24-18-5-7-25(8-6-18)9-10-26-3/h12-13,15,18H,5-11,14H2,1-4H3,(H2,22,23,24). The molecule has 2 aliphatic heterocycles. The molecule has 2 N–H and O–H groups in total. The summed E-state index contributed by atoms with van der Waals surface area (Å²) < 4.78 is 16.7. The lowest BCUT2D eigenvalue weighted by molar-refractivity contribution is 0.128. The molecule has 7 nitrogen and oxygen atoms in total. The van der Waals surface area contributed by atoms with E-state index in [0.29, 0.717) is 12.6 Å². The van der Waals surface area contributed by atoms with Crippen molar-refractivity contribution in [2.45, 2.75) is 44.9 Å². The lowest BCUT2D eigenvalue weighted by Crippen LogP contribution is -2.48. The van der Waals surface area contributed by atoms with Gasteiger partial charge in [-0.3, -0.25) is 4.99 Å². The molecule has 0 radical (unpaired) electrons. The fraction of sp³-hybridized carbons (Fsp3) is 0.667. The van der Waals surface area contributed by atoms with Gasteiger partial charge in [0, 0.05) is 63.9 Å². The summed E-state index contributed by atoms with van der Waals surface area (Å²) in [6.07, 6.45) is 3.38. The maximum Gasteiger partial charge on any atom is 0.191 e. The van der Waals surface area contributed by atoms with Crippen molar-refractivity contribution >= 4 is 5.96 Å². The van der Waals surface area contributed by atoms with Crippen LogP contribution in [0.1, 0.15) is 30.9 Å². The topological polar surface area (TPSA) is 67.4 Å². The maximum absolute atomic E-state index is 5.90. The third kappa shape index (κ3) is 5.29. The molecule has 3 rings (SSSR count). The Balaban J connectivity index is 1.52. The lowest BCUT2D eigenvalue weighted by atomic mass is 10.1. The fourth-order valence-corrected chi connectivity index (χ4v) is 3.90. The van der Waals surface area contributed by atoms with Gasteiger partial charge < -0.3 is 29.7 Å². The molecule has 0 aliphatic carbocycles. The first-order valence-corrected chi connectivity index (χ1v) is 10.2. The molecule has 1 aromatic carbocycles. The number of hydrogen-bond acceptors (Lipinski definition) is 5. The average molecular weight is 391 g/mol. The van der Waals surface area contributed by atoms with Gasteiger partial charge >= 0.3 is 0 Å². The van der Waals surface area contributed by atoms with Crippen LogP contribution in [0.5, 0.6) is 11.5 Å². The van der Waals surface area contributed by atoms with Gasteiger partial charge in [0.1, 0.15) is 17.6 Å². The molecule has 7 heteroatoms. The van der Waals surface area contributed by atoms with E-state index >= 15 is 0 Å². The van der Waals surface area contributed by atoms with Gasteiger partial charge in [-0.2, -0.15) is 0 Å². The number of methoxy groups -OCH3 is 2. The van der Waals surface area contributed by atoms with E-state index in [-0.39, 0.29) is 6.10 Å². The molecule has 1 aromatic rings. The smallest absolute Gasteiger partial charge is 0.191 e. The average Bonchev–Trinajstić information content (AvgIpc) is 3.08. The third-order valence-electron chi connectivity index (χ3n) is 5.51. The zero-order chi connectivity index (χ0) is 19.9. The Morgan fingerprint density at radius 3 is 2.75 bits per heavy atom. The van der Waals surface area contributed by atoms with Gasteiger partial charge in [-0.05, 0) is 31.9 Å². The first-order chi connectivity index (χ1) is 13.6. The zero-order valence-corrected chi connectivity index (χ0v) is 17.6. The van der Waals surface area contributed by atoms with Crippen molar-refractivity contribution in [3.05, 3.63) is 23.3 Å². The summed E-state index contributed by atoms with van der Waals surface area (Å²) in [7, 11) is 5.29. The van der Waals surface area contributed by atoms with Crippen LogP contribution in [-0.2, 0) is 17.7 Å². The quantitative estimate of drug-likeness (QED) is 0.547. The number of benzene rings is 1. The van der Waals surface area contributed by atoms with Crippen LogP contribution in [0.3, 0.4) is 0 Å². The first-order valence-electron chi connectivity index (χ1n) is 10.2. The molecule has 0 aromatic heterocycles. The Morgan fingerprint density at radius 2 is 2.07 bits per heavy atom. The SMILES string of the molecule is CN=C(NCc1cc2c(cc1OC)CC(C)O2)NC1CCN(CCOC)CC1. The van der Waals surface area contributed by atoms with E-state index < -0.39 is 0 Å². The van der Waals surface area contributed by atoms with Crippen LogP contribution in [0.15, 0.2) is 17.1 Å². The molecule has 156 valence electrons. The van der Waals surface area contributed by atoms with Crippen LogP contribution in [0.25, 0.3) is 0 Å². The predicted molar refractivity (Wildman–Crippen MR) is 111 cm³/mol. The molecule has 1 atom stereocenters. The molecule has 2 heterocycles.